The van der Waals surface area contributed by atoms with E-state index >= 15 is 0 Å². The molecule has 1 aliphatic heterocycles. The highest BCUT2D eigenvalue weighted by Crippen LogP contribution is 2.19. The lowest BCUT2D eigenvalue weighted by Gasteiger charge is -2.24. The molecule has 0 radical (unpaired) electrons. The molecule has 0 bridgehead atoms. The first-order valence-electron chi connectivity index (χ1n) is 6.47. The van der Waals surface area contributed by atoms with Crippen molar-refractivity contribution in [3.05, 3.63) is 29.8 Å². The lowest BCUT2D eigenvalue weighted by atomic mass is 10.1. The Kier molecular flexibility index (Phi) is 5.24. The minimum absolute atomic E-state index is 0.00562. The van der Waals surface area contributed by atoms with Crippen molar-refractivity contribution in [2.45, 2.75) is 24.0 Å². The fraction of sp³-hybridized carbons (Fsp3) is 0.500. The molecule has 1 aliphatic rings. The molecule has 104 valence electrons. The topological polar surface area (TPSA) is 50.4 Å². The molecule has 2 atom stereocenters. The largest absolute Gasteiger partial charge is 0.366 e. The molecule has 0 aromatic heterocycles. The lowest BCUT2D eigenvalue weighted by Crippen LogP contribution is -2.48. The molecule has 1 aromatic rings. The molecule has 0 spiro atoms. The Balaban J connectivity index is 1.91. The summed E-state index contributed by atoms with van der Waals surface area (Å²) in [7, 11) is 0. The highest BCUT2D eigenvalue weighted by atomic mass is 32.2. The normalized spacial score (nSPS) is 20.8. The third-order valence-corrected chi connectivity index (χ3v) is 3.94. The second-order valence-electron chi connectivity index (χ2n) is 4.57. The maximum Gasteiger partial charge on any atom is 0.250 e. The van der Waals surface area contributed by atoms with Crippen molar-refractivity contribution in [1.82, 2.24) is 10.6 Å². The summed E-state index contributed by atoms with van der Waals surface area (Å²) in [6, 6.07) is 8.24. The third kappa shape index (κ3) is 3.96. The van der Waals surface area contributed by atoms with Crippen LogP contribution in [0.1, 0.15) is 18.5 Å². The summed E-state index contributed by atoms with van der Waals surface area (Å²) in [6.45, 7) is 3.98. The minimum Gasteiger partial charge on any atom is -0.366 e. The summed E-state index contributed by atoms with van der Waals surface area (Å²) >= 11 is 1.71. The molecule has 0 aliphatic carbocycles. The van der Waals surface area contributed by atoms with Crippen LogP contribution in [0.25, 0.3) is 0 Å². The first-order chi connectivity index (χ1) is 9.20. The molecule has 2 rings (SSSR count). The zero-order valence-electron chi connectivity index (χ0n) is 11.3. The molecule has 4 nitrogen and oxygen atoms in total. The first kappa shape index (κ1) is 14.4. The average molecular weight is 280 g/mol. The van der Waals surface area contributed by atoms with E-state index in [1.54, 1.807) is 11.8 Å². The van der Waals surface area contributed by atoms with Gasteiger partial charge < -0.3 is 15.4 Å². The second-order valence-corrected chi connectivity index (χ2v) is 5.45. The molecular formula is C14H20N2O2S. The summed E-state index contributed by atoms with van der Waals surface area (Å²) in [6.07, 6.45) is 1.68. The predicted molar refractivity (Wildman–Crippen MR) is 77.4 cm³/mol. The maximum atomic E-state index is 12.0. The lowest BCUT2D eigenvalue weighted by molar-refractivity contribution is -0.134. The van der Waals surface area contributed by atoms with Crippen LogP contribution in [0.15, 0.2) is 29.2 Å². The summed E-state index contributed by atoms with van der Waals surface area (Å²) in [5.74, 6) is -0.0476. The minimum atomic E-state index is -0.373. The Morgan fingerprint density at radius 3 is 2.79 bits per heavy atom. The fourth-order valence-electron chi connectivity index (χ4n) is 2.02. The van der Waals surface area contributed by atoms with Crippen LogP contribution in [0.2, 0.25) is 0 Å². The Hall–Kier alpha value is -1.04. The van der Waals surface area contributed by atoms with Crippen LogP contribution in [-0.4, -0.2) is 38.0 Å². The highest BCUT2D eigenvalue weighted by molar-refractivity contribution is 7.98. The monoisotopic (exact) mass is 280 g/mol. The maximum absolute atomic E-state index is 12.0. The van der Waals surface area contributed by atoms with Crippen LogP contribution >= 0.6 is 11.8 Å². The van der Waals surface area contributed by atoms with Gasteiger partial charge in [0.15, 0.2) is 0 Å². The van der Waals surface area contributed by atoms with Crippen molar-refractivity contribution in [1.29, 1.82) is 0 Å². The van der Waals surface area contributed by atoms with E-state index in [9.17, 15) is 4.79 Å². The van der Waals surface area contributed by atoms with E-state index < -0.39 is 0 Å². The number of thioether (sulfide) groups is 1. The Morgan fingerprint density at radius 2 is 2.21 bits per heavy atom. The van der Waals surface area contributed by atoms with E-state index in [0.29, 0.717) is 13.2 Å². The van der Waals surface area contributed by atoms with Crippen LogP contribution in [0.4, 0.5) is 0 Å². The van der Waals surface area contributed by atoms with Crippen molar-refractivity contribution in [3.63, 3.8) is 0 Å². The number of hydrogen-bond donors (Lipinski definition) is 2. The van der Waals surface area contributed by atoms with Crippen LogP contribution < -0.4 is 10.6 Å². The number of amides is 1. The Morgan fingerprint density at radius 1 is 1.47 bits per heavy atom. The van der Waals surface area contributed by atoms with Crippen LogP contribution in [-0.2, 0) is 9.53 Å². The highest BCUT2D eigenvalue weighted by Gasteiger charge is 2.23. The van der Waals surface area contributed by atoms with Gasteiger partial charge in [0.25, 0.3) is 5.91 Å². The van der Waals surface area contributed by atoms with Gasteiger partial charge in [0.1, 0.15) is 6.10 Å². The number of carbonyl (C=O) groups is 1. The fourth-order valence-corrected chi connectivity index (χ4v) is 2.42. The van der Waals surface area contributed by atoms with E-state index in [1.807, 2.05) is 13.2 Å². The Bertz CT molecular complexity index is 416. The summed E-state index contributed by atoms with van der Waals surface area (Å²) < 4.78 is 5.44. The summed E-state index contributed by atoms with van der Waals surface area (Å²) in [5.41, 5.74) is 1.11. The van der Waals surface area contributed by atoms with Gasteiger partial charge >= 0.3 is 0 Å². The van der Waals surface area contributed by atoms with E-state index in [2.05, 4.69) is 34.9 Å². The van der Waals surface area contributed by atoms with Crippen molar-refractivity contribution in [2.75, 3.05) is 26.0 Å². The number of benzene rings is 1. The van der Waals surface area contributed by atoms with Crippen molar-refractivity contribution >= 4 is 17.7 Å². The number of carbonyl (C=O) groups excluding carboxylic acids is 1. The standard InChI is InChI=1S/C14H20N2O2S/c1-10(11-3-5-12(19-2)6-4-11)16-14(17)13-9-15-7-8-18-13/h3-6,10,13,15H,7-9H2,1-2H3,(H,16,17). The third-order valence-electron chi connectivity index (χ3n) is 3.19. The van der Waals surface area contributed by atoms with Gasteiger partial charge in [0, 0.05) is 18.0 Å². The van der Waals surface area contributed by atoms with Crippen molar-refractivity contribution < 1.29 is 9.53 Å². The van der Waals surface area contributed by atoms with Gasteiger partial charge in [-0.2, -0.15) is 0 Å². The van der Waals surface area contributed by atoms with Gasteiger partial charge in [-0.25, -0.2) is 0 Å². The second kappa shape index (κ2) is 6.93. The van der Waals surface area contributed by atoms with E-state index in [-0.39, 0.29) is 18.1 Å². The molecule has 1 amide bonds. The molecule has 5 heteroatoms. The molecule has 2 N–H and O–H groups in total. The van der Waals surface area contributed by atoms with Crippen molar-refractivity contribution in [2.24, 2.45) is 0 Å². The van der Waals surface area contributed by atoms with Crippen LogP contribution in [0.5, 0.6) is 0 Å². The van der Waals surface area contributed by atoms with Gasteiger partial charge in [0.2, 0.25) is 0 Å². The van der Waals surface area contributed by atoms with Gasteiger partial charge in [-0.15, -0.1) is 11.8 Å². The molecule has 19 heavy (non-hydrogen) atoms. The summed E-state index contributed by atoms with van der Waals surface area (Å²) in [4.78, 5) is 13.2. The molecule has 2 unspecified atom stereocenters. The Labute approximate surface area is 118 Å². The van der Waals surface area contributed by atoms with Gasteiger partial charge in [-0.3, -0.25) is 4.79 Å². The molecule has 0 saturated carbocycles. The van der Waals surface area contributed by atoms with Crippen molar-refractivity contribution in [3.8, 4) is 0 Å². The van der Waals surface area contributed by atoms with E-state index in [4.69, 9.17) is 4.74 Å². The predicted octanol–water partition coefficient (Wildman–Crippen LogP) is 1.57. The molecule has 1 fully saturated rings. The number of nitrogens with one attached hydrogen (secondary N) is 2. The summed E-state index contributed by atoms with van der Waals surface area (Å²) in [5, 5.41) is 6.15. The van der Waals surface area contributed by atoms with Gasteiger partial charge in [-0.05, 0) is 30.9 Å². The van der Waals surface area contributed by atoms with Gasteiger partial charge in [0.05, 0.1) is 12.6 Å². The SMILES string of the molecule is CSc1ccc(C(C)NC(=O)C2CNCCO2)cc1. The quantitative estimate of drug-likeness (QED) is 0.822. The molecule has 1 saturated heterocycles. The van der Waals surface area contributed by atoms with E-state index in [1.165, 1.54) is 4.90 Å². The zero-order chi connectivity index (χ0) is 13.7. The average Bonchev–Trinajstić information content (AvgIpc) is 2.48. The molecular weight excluding hydrogens is 260 g/mol. The van der Waals surface area contributed by atoms with E-state index in [0.717, 1.165) is 12.1 Å². The first-order valence-corrected chi connectivity index (χ1v) is 7.70. The van der Waals surface area contributed by atoms with Gasteiger partial charge in [-0.1, -0.05) is 12.1 Å². The molecule has 1 heterocycles. The van der Waals surface area contributed by atoms with Crippen LogP contribution in [0.3, 0.4) is 0 Å². The number of morpholine rings is 1. The van der Waals surface area contributed by atoms with Crippen LogP contribution in [0, 0.1) is 0 Å². The zero-order valence-corrected chi connectivity index (χ0v) is 12.1. The number of ether oxygens (including phenoxy) is 1. The number of hydrogen-bond acceptors (Lipinski definition) is 4. The molecule has 1 aromatic carbocycles. The number of rotatable bonds is 4. The smallest absolute Gasteiger partial charge is 0.250 e.